The second-order valence-corrected chi connectivity index (χ2v) is 4.73. The maximum atomic E-state index is 11.4. The van der Waals surface area contributed by atoms with Crippen LogP contribution in [-0.2, 0) is 6.54 Å². The number of benzene rings is 1. The number of nitrogens with zero attached hydrogens (tertiary/aromatic N) is 1. The monoisotopic (exact) mass is 275 g/mol. The van der Waals surface area contributed by atoms with Crippen LogP contribution >= 0.6 is 0 Å². The number of hydrogen-bond donors (Lipinski definition) is 2. The summed E-state index contributed by atoms with van der Waals surface area (Å²) >= 11 is 0. The fourth-order valence-electron chi connectivity index (χ4n) is 2.09. The highest BCUT2D eigenvalue weighted by Gasteiger charge is 2.10. The zero-order valence-corrected chi connectivity index (χ0v) is 11.6. The van der Waals surface area contributed by atoms with Crippen LogP contribution in [0.5, 0.6) is 5.75 Å². The van der Waals surface area contributed by atoms with E-state index in [-0.39, 0.29) is 0 Å². The zero-order chi connectivity index (χ0) is 14.2. The van der Waals surface area contributed by atoms with E-state index in [4.69, 9.17) is 4.74 Å². The second kappa shape index (κ2) is 7.67. The Hall–Kier alpha value is -1.85. The van der Waals surface area contributed by atoms with Gasteiger partial charge in [-0.1, -0.05) is 18.2 Å². The Morgan fingerprint density at radius 3 is 2.70 bits per heavy atom. The Morgan fingerprint density at radius 2 is 2.05 bits per heavy atom. The number of carbonyl (C=O) groups excluding carboxylic acids is 1. The third kappa shape index (κ3) is 4.68. The van der Waals surface area contributed by atoms with Crippen LogP contribution in [0.3, 0.4) is 0 Å². The van der Waals surface area contributed by atoms with Gasteiger partial charge < -0.3 is 15.4 Å². The van der Waals surface area contributed by atoms with Gasteiger partial charge >= 0.3 is 6.09 Å². The second-order valence-electron chi connectivity index (χ2n) is 4.73. The minimum atomic E-state index is -0.459. The first-order chi connectivity index (χ1) is 9.78. The first-order valence-electron chi connectivity index (χ1n) is 6.86. The van der Waals surface area contributed by atoms with Crippen LogP contribution < -0.4 is 15.4 Å². The molecule has 0 atom stereocenters. The number of nitrogens with one attached hydrogen (secondary N) is 2. The summed E-state index contributed by atoms with van der Waals surface area (Å²) in [6, 6.07) is 7.65. The highest BCUT2D eigenvalue weighted by atomic mass is 16.5. The molecule has 0 unspecified atom stereocenters. The lowest BCUT2D eigenvalue weighted by molar-refractivity contribution is 0.201. The standard InChI is InChI=1S/C15H21N3O2/c1-2-7-17-15(19)20-14-5-3-13(4-6-14)12-18-10-8-16-9-11-18/h2-6,16H,1,7-12H2,(H,17,19). The number of rotatable bonds is 5. The van der Waals surface area contributed by atoms with Crippen LogP contribution in [0.1, 0.15) is 5.56 Å². The van der Waals surface area contributed by atoms with E-state index in [9.17, 15) is 4.79 Å². The number of carbonyl (C=O) groups is 1. The van der Waals surface area contributed by atoms with Crippen molar-refractivity contribution in [1.29, 1.82) is 0 Å². The van der Waals surface area contributed by atoms with Gasteiger partial charge in [-0.05, 0) is 17.7 Å². The molecular formula is C15H21N3O2. The lowest BCUT2D eigenvalue weighted by Gasteiger charge is -2.27. The first-order valence-corrected chi connectivity index (χ1v) is 6.86. The molecule has 0 radical (unpaired) electrons. The molecule has 0 bridgehead atoms. The Kier molecular flexibility index (Phi) is 5.58. The summed E-state index contributed by atoms with van der Waals surface area (Å²) in [5.74, 6) is 0.552. The van der Waals surface area contributed by atoms with E-state index in [0.29, 0.717) is 12.3 Å². The van der Waals surface area contributed by atoms with Crippen molar-refractivity contribution in [2.45, 2.75) is 6.54 Å². The number of ether oxygens (including phenoxy) is 1. The van der Waals surface area contributed by atoms with Crippen molar-refractivity contribution < 1.29 is 9.53 Å². The van der Waals surface area contributed by atoms with E-state index in [0.717, 1.165) is 32.7 Å². The van der Waals surface area contributed by atoms with Crippen LogP contribution in [0, 0.1) is 0 Å². The van der Waals surface area contributed by atoms with Crippen LogP contribution in [0.2, 0.25) is 0 Å². The van der Waals surface area contributed by atoms with Gasteiger partial charge in [-0.3, -0.25) is 4.90 Å². The van der Waals surface area contributed by atoms with Gasteiger partial charge in [0.25, 0.3) is 0 Å². The fraction of sp³-hybridized carbons (Fsp3) is 0.400. The van der Waals surface area contributed by atoms with E-state index >= 15 is 0 Å². The summed E-state index contributed by atoms with van der Waals surface area (Å²) in [5.41, 5.74) is 1.23. The largest absolute Gasteiger partial charge is 0.412 e. The first kappa shape index (κ1) is 14.6. The van der Waals surface area contributed by atoms with Crippen LogP contribution in [0.15, 0.2) is 36.9 Å². The van der Waals surface area contributed by atoms with Crippen molar-refractivity contribution >= 4 is 6.09 Å². The Balaban J connectivity index is 1.82. The van der Waals surface area contributed by atoms with Crippen LogP contribution in [-0.4, -0.2) is 43.7 Å². The molecule has 1 aliphatic heterocycles. The molecule has 0 spiro atoms. The SMILES string of the molecule is C=CCNC(=O)Oc1ccc(CN2CCNCC2)cc1. The van der Waals surface area contributed by atoms with Gasteiger partial charge in [0.05, 0.1) is 0 Å². The molecule has 0 aromatic heterocycles. The third-order valence-electron chi connectivity index (χ3n) is 3.14. The molecule has 0 saturated carbocycles. The lowest BCUT2D eigenvalue weighted by Crippen LogP contribution is -2.42. The molecule has 5 heteroatoms. The van der Waals surface area contributed by atoms with E-state index in [2.05, 4.69) is 22.1 Å². The highest BCUT2D eigenvalue weighted by molar-refractivity contribution is 5.70. The Bertz CT molecular complexity index is 439. The minimum Gasteiger partial charge on any atom is -0.410 e. The van der Waals surface area contributed by atoms with Crippen molar-refractivity contribution in [3.63, 3.8) is 0 Å². The van der Waals surface area contributed by atoms with Gasteiger partial charge in [0, 0.05) is 39.3 Å². The molecule has 1 heterocycles. The molecule has 1 saturated heterocycles. The van der Waals surface area contributed by atoms with Crippen molar-refractivity contribution in [2.24, 2.45) is 0 Å². The zero-order valence-electron chi connectivity index (χ0n) is 11.6. The minimum absolute atomic E-state index is 0.403. The Morgan fingerprint density at radius 1 is 1.35 bits per heavy atom. The van der Waals surface area contributed by atoms with Crippen LogP contribution in [0.25, 0.3) is 0 Å². The van der Waals surface area contributed by atoms with Crippen LogP contribution in [0.4, 0.5) is 4.79 Å². The van der Waals surface area contributed by atoms with E-state index < -0.39 is 6.09 Å². The van der Waals surface area contributed by atoms with Crippen molar-refractivity contribution in [3.05, 3.63) is 42.5 Å². The smallest absolute Gasteiger partial charge is 0.410 e. The summed E-state index contributed by atoms with van der Waals surface area (Å²) in [5, 5.41) is 5.90. The summed E-state index contributed by atoms with van der Waals surface area (Å²) in [6.45, 7) is 9.10. The number of hydrogen-bond acceptors (Lipinski definition) is 4. The molecule has 1 amide bonds. The normalized spacial score (nSPS) is 15.6. The molecular weight excluding hydrogens is 254 g/mol. The topological polar surface area (TPSA) is 53.6 Å². The number of piperazine rings is 1. The predicted octanol–water partition coefficient (Wildman–Crippen LogP) is 1.37. The number of amides is 1. The molecule has 1 aromatic carbocycles. The average molecular weight is 275 g/mol. The van der Waals surface area contributed by atoms with E-state index in [1.165, 1.54) is 5.56 Å². The maximum absolute atomic E-state index is 11.4. The molecule has 1 aromatic rings. The summed E-state index contributed by atoms with van der Waals surface area (Å²) in [6.07, 6.45) is 1.15. The molecule has 2 N–H and O–H groups in total. The molecule has 0 aliphatic carbocycles. The van der Waals surface area contributed by atoms with Gasteiger partial charge in [-0.25, -0.2) is 4.79 Å². The van der Waals surface area contributed by atoms with Crippen molar-refractivity contribution in [2.75, 3.05) is 32.7 Å². The summed E-state index contributed by atoms with van der Waals surface area (Å²) < 4.78 is 5.14. The molecule has 108 valence electrons. The molecule has 20 heavy (non-hydrogen) atoms. The van der Waals surface area contributed by atoms with Gasteiger partial charge in [-0.15, -0.1) is 6.58 Å². The fourth-order valence-corrected chi connectivity index (χ4v) is 2.09. The van der Waals surface area contributed by atoms with Gasteiger partial charge in [0.2, 0.25) is 0 Å². The molecule has 1 fully saturated rings. The third-order valence-corrected chi connectivity index (χ3v) is 3.14. The van der Waals surface area contributed by atoms with Gasteiger partial charge in [0.1, 0.15) is 5.75 Å². The average Bonchev–Trinajstić information content (AvgIpc) is 2.48. The van der Waals surface area contributed by atoms with E-state index in [1.807, 2.05) is 24.3 Å². The molecule has 1 aliphatic rings. The lowest BCUT2D eigenvalue weighted by atomic mass is 10.2. The van der Waals surface area contributed by atoms with Gasteiger partial charge in [-0.2, -0.15) is 0 Å². The molecule has 5 nitrogen and oxygen atoms in total. The Labute approximate surface area is 119 Å². The van der Waals surface area contributed by atoms with Crippen molar-refractivity contribution in [3.8, 4) is 5.75 Å². The van der Waals surface area contributed by atoms with E-state index in [1.54, 1.807) is 6.08 Å². The quantitative estimate of drug-likeness (QED) is 0.797. The predicted molar refractivity (Wildman–Crippen MR) is 78.8 cm³/mol. The maximum Gasteiger partial charge on any atom is 0.412 e. The summed E-state index contributed by atoms with van der Waals surface area (Å²) in [4.78, 5) is 13.8. The summed E-state index contributed by atoms with van der Waals surface area (Å²) in [7, 11) is 0. The molecule has 2 rings (SSSR count). The van der Waals surface area contributed by atoms with Gasteiger partial charge in [0.15, 0.2) is 0 Å². The van der Waals surface area contributed by atoms with Crippen molar-refractivity contribution in [1.82, 2.24) is 15.5 Å². The highest BCUT2D eigenvalue weighted by Crippen LogP contribution is 2.14.